The Morgan fingerprint density at radius 1 is 0.689 bits per heavy atom. The monoisotopic (exact) mass is 1050 g/mol. The number of hydrogen-bond donors (Lipinski definition) is 11. The third kappa shape index (κ3) is 20.0. The number of thioether (sulfide) groups is 1. The van der Waals surface area contributed by atoms with Crippen molar-refractivity contribution in [1.29, 1.82) is 0 Å². The van der Waals surface area contributed by atoms with E-state index in [9.17, 15) is 53.4 Å². The highest BCUT2D eigenvalue weighted by molar-refractivity contribution is 7.98. The van der Waals surface area contributed by atoms with Crippen LogP contribution in [-0.2, 0) is 56.2 Å². The van der Waals surface area contributed by atoms with Gasteiger partial charge in [-0.15, -0.1) is 0 Å². The first-order valence-corrected chi connectivity index (χ1v) is 25.6. The molecule has 0 aliphatic carbocycles. The van der Waals surface area contributed by atoms with E-state index in [-0.39, 0.29) is 49.4 Å². The fourth-order valence-electron chi connectivity index (χ4n) is 7.60. The standard InChI is InChI=1S/C47H67N15O11S/c1-74-23-17-28(50)43(68)61-33(8-2-4-18-48)46(71)62-22-7-12-36(62)45(70)54-26-38-52-21-16-32(58-38)30-11-6-10-29(56-30)31-15-20-51-37(57-31)25-53-39(63)13-14-40(64)60-35(24-42(66)67)44(69)55-27-41(65)59-34(47(72)73)9-3-5-19-49/h6,10-11,15-16,20-21,28,33-36H,2-5,7-9,12-14,17-19,22-27,48-50H2,1H3,(H,53,63)(H,54,70)(H,55,69)(H,59,65)(H,60,64)(H,61,68)(H,66,67)(H,72,73)/t28-,33-,34-,35-,36-/m0/s1. The number of carboxylic acid groups (broad SMARTS) is 2. The minimum absolute atomic E-state index is 0.0444. The number of rotatable bonds is 32. The molecule has 0 unspecified atom stereocenters. The lowest BCUT2D eigenvalue weighted by atomic mass is 10.1. The first-order valence-electron chi connectivity index (χ1n) is 24.3. The Morgan fingerprint density at radius 2 is 1.27 bits per heavy atom. The van der Waals surface area contributed by atoms with Gasteiger partial charge in [-0.25, -0.2) is 29.7 Å². The number of carbonyl (C=O) groups excluding carboxylic acids is 7. The van der Waals surface area contributed by atoms with Crippen molar-refractivity contribution in [2.24, 2.45) is 17.2 Å². The number of aromatic nitrogens is 5. The summed E-state index contributed by atoms with van der Waals surface area (Å²) in [6, 6.07) is 3.26. The quantitative estimate of drug-likeness (QED) is 0.0316. The smallest absolute Gasteiger partial charge is 0.326 e. The Balaban J connectivity index is 1.29. The summed E-state index contributed by atoms with van der Waals surface area (Å²) in [6.07, 6.45) is 7.53. The van der Waals surface area contributed by atoms with E-state index in [4.69, 9.17) is 22.2 Å². The highest BCUT2D eigenvalue weighted by Crippen LogP contribution is 2.22. The molecule has 0 saturated carbocycles. The summed E-state index contributed by atoms with van der Waals surface area (Å²) in [4.78, 5) is 138. The molecular formula is C47H67N15O11S. The molecule has 4 rings (SSSR count). The van der Waals surface area contributed by atoms with Crippen molar-refractivity contribution < 1.29 is 53.4 Å². The fourth-order valence-corrected chi connectivity index (χ4v) is 8.09. The first-order chi connectivity index (χ1) is 35.5. The van der Waals surface area contributed by atoms with Gasteiger partial charge >= 0.3 is 11.9 Å². The van der Waals surface area contributed by atoms with Crippen LogP contribution < -0.4 is 49.1 Å². The number of nitrogens with two attached hydrogens (primary N) is 3. The maximum absolute atomic E-state index is 13.8. The topological polar surface area (TPSA) is 412 Å². The van der Waals surface area contributed by atoms with Gasteiger partial charge in [0.2, 0.25) is 41.4 Å². The lowest BCUT2D eigenvalue weighted by molar-refractivity contribution is -0.142. The van der Waals surface area contributed by atoms with Gasteiger partial charge < -0.3 is 64.2 Å². The molecule has 7 amide bonds. The SMILES string of the molecule is CSCC[C@H](N)C(=O)N[C@@H](CCCCN)C(=O)N1CCC[C@H]1C(=O)NCc1nccc(-c2cccc(-c3ccnc(CNC(=O)CCC(=O)N[C@@H](CC(=O)O)C(=O)NCC(=O)N[C@@H](CCCCN)C(=O)O)n3)n2)n1. The van der Waals surface area contributed by atoms with Crippen LogP contribution in [0.1, 0.15) is 88.7 Å². The number of unbranched alkanes of at least 4 members (excludes halogenated alkanes) is 2. The molecule has 27 heteroatoms. The van der Waals surface area contributed by atoms with E-state index in [1.54, 1.807) is 42.1 Å². The Hall–Kier alpha value is -7.23. The number of aliphatic carboxylic acids is 2. The van der Waals surface area contributed by atoms with Gasteiger partial charge in [0.25, 0.3) is 0 Å². The molecule has 0 aromatic carbocycles. The van der Waals surface area contributed by atoms with Crippen LogP contribution in [0.4, 0.5) is 0 Å². The van der Waals surface area contributed by atoms with Crippen molar-refractivity contribution in [2.75, 3.05) is 38.2 Å². The number of amides is 7. The highest BCUT2D eigenvalue weighted by atomic mass is 32.2. The second kappa shape index (κ2) is 31.4. The van der Waals surface area contributed by atoms with Gasteiger partial charge in [-0.2, -0.15) is 11.8 Å². The molecule has 74 heavy (non-hydrogen) atoms. The van der Waals surface area contributed by atoms with Crippen LogP contribution in [0.2, 0.25) is 0 Å². The maximum atomic E-state index is 13.8. The second-order valence-corrected chi connectivity index (χ2v) is 18.2. The van der Waals surface area contributed by atoms with Gasteiger partial charge in [0.15, 0.2) is 0 Å². The molecule has 3 aromatic rings. The lowest BCUT2D eigenvalue weighted by Crippen LogP contribution is -2.55. The average molecular weight is 1050 g/mol. The number of carboxylic acids is 2. The minimum Gasteiger partial charge on any atom is -0.481 e. The molecule has 14 N–H and O–H groups in total. The van der Waals surface area contributed by atoms with E-state index in [0.717, 1.165) is 0 Å². The summed E-state index contributed by atoms with van der Waals surface area (Å²) in [5, 5.41) is 33.7. The Kier molecular flexibility index (Phi) is 25.2. The Bertz CT molecular complexity index is 2420. The van der Waals surface area contributed by atoms with Gasteiger partial charge in [-0.05, 0) is 107 Å². The van der Waals surface area contributed by atoms with Crippen molar-refractivity contribution in [3.8, 4) is 22.8 Å². The van der Waals surface area contributed by atoms with Gasteiger partial charge in [0.1, 0.15) is 35.8 Å². The molecule has 4 heterocycles. The number of nitrogens with zero attached hydrogens (tertiary/aromatic N) is 6. The van der Waals surface area contributed by atoms with Crippen LogP contribution in [0.3, 0.4) is 0 Å². The van der Waals surface area contributed by atoms with Crippen molar-refractivity contribution in [3.05, 3.63) is 54.4 Å². The molecule has 1 aliphatic rings. The normalized spacial score (nSPS) is 14.6. The second-order valence-electron chi connectivity index (χ2n) is 17.2. The van der Waals surface area contributed by atoms with E-state index in [0.29, 0.717) is 99.5 Å². The summed E-state index contributed by atoms with van der Waals surface area (Å²) < 4.78 is 0. The number of nitrogens with one attached hydrogen (secondary N) is 6. The van der Waals surface area contributed by atoms with E-state index < -0.39 is 91.1 Å². The molecule has 26 nitrogen and oxygen atoms in total. The minimum atomic E-state index is -1.60. The van der Waals surface area contributed by atoms with Crippen molar-refractivity contribution in [1.82, 2.24) is 61.7 Å². The van der Waals surface area contributed by atoms with Crippen LogP contribution in [0.25, 0.3) is 22.8 Å². The van der Waals surface area contributed by atoms with Gasteiger partial charge in [-0.1, -0.05) is 6.07 Å². The van der Waals surface area contributed by atoms with Crippen LogP contribution in [0, 0.1) is 0 Å². The van der Waals surface area contributed by atoms with Gasteiger partial charge in [-0.3, -0.25) is 38.4 Å². The molecular weight excluding hydrogens is 983 g/mol. The molecule has 402 valence electrons. The molecule has 3 aromatic heterocycles. The van der Waals surface area contributed by atoms with E-state index >= 15 is 0 Å². The number of carbonyl (C=O) groups is 9. The van der Waals surface area contributed by atoms with E-state index in [2.05, 4.69) is 51.8 Å². The zero-order valence-corrected chi connectivity index (χ0v) is 42.1. The molecule has 0 bridgehead atoms. The van der Waals surface area contributed by atoms with E-state index in [1.807, 2.05) is 6.26 Å². The number of likely N-dealkylation sites (tertiary alicyclic amines) is 1. The zero-order valence-electron chi connectivity index (χ0n) is 41.3. The number of pyridine rings is 1. The summed E-state index contributed by atoms with van der Waals surface area (Å²) >= 11 is 1.57. The lowest BCUT2D eigenvalue weighted by Gasteiger charge is -2.29. The molecule has 1 saturated heterocycles. The van der Waals surface area contributed by atoms with E-state index in [1.165, 1.54) is 17.3 Å². The molecule has 0 radical (unpaired) electrons. The van der Waals surface area contributed by atoms with Crippen LogP contribution >= 0.6 is 11.8 Å². The first kappa shape index (κ1) is 59.3. The third-order valence-corrected chi connectivity index (χ3v) is 12.2. The molecule has 5 atom stereocenters. The van der Waals surface area contributed by atoms with Crippen molar-refractivity contribution >= 4 is 65.1 Å². The van der Waals surface area contributed by atoms with Crippen LogP contribution in [-0.4, -0.2) is 162 Å². The molecule has 0 spiro atoms. The van der Waals surface area contributed by atoms with Crippen LogP contribution in [0.15, 0.2) is 42.7 Å². The third-order valence-electron chi connectivity index (χ3n) is 11.5. The summed E-state index contributed by atoms with van der Waals surface area (Å²) in [5.41, 5.74) is 19.0. The van der Waals surface area contributed by atoms with Gasteiger partial charge in [0.05, 0.1) is 54.9 Å². The number of hydrogen-bond acceptors (Lipinski definition) is 18. The fraction of sp³-hybridized carbons (Fsp3) is 0.532. The van der Waals surface area contributed by atoms with Gasteiger partial charge in [0, 0.05) is 31.8 Å². The maximum Gasteiger partial charge on any atom is 0.326 e. The van der Waals surface area contributed by atoms with Crippen molar-refractivity contribution in [2.45, 2.75) is 120 Å². The summed E-state index contributed by atoms with van der Waals surface area (Å²) in [7, 11) is 0. The molecule has 1 fully saturated rings. The Morgan fingerprint density at radius 3 is 1.86 bits per heavy atom. The predicted molar refractivity (Wildman–Crippen MR) is 269 cm³/mol. The predicted octanol–water partition coefficient (Wildman–Crippen LogP) is -1.53. The van der Waals surface area contributed by atoms with Crippen molar-refractivity contribution in [3.63, 3.8) is 0 Å². The average Bonchev–Trinajstić information content (AvgIpc) is 3.89. The Labute approximate surface area is 431 Å². The summed E-state index contributed by atoms with van der Waals surface area (Å²) in [5.74, 6) is -5.93. The highest BCUT2D eigenvalue weighted by Gasteiger charge is 2.38. The summed E-state index contributed by atoms with van der Waals surface area (Å²) in [6.45, 7) is 0.266. The molecule has 1 aliphatic heterocycles. The largest absolute Gasteiger partial charge is 0.481 e. The van der Waals surface area contributed by atoms with Crippen LogP contribution in [0.5, 0.6) is 0 Å². The zero-order chi connectivity index (χ0) is 54.0.